The summed E-state index contributed by atoms with van der Waals surface area (Å²) >= 11 is 0. The van der Waals surface area contributed by atoms with Crippen molar-refractivity contribution in [1.82, 2.24) is 20.2 Å². The molecular weight excluding hydrogens is 209 g/mol. The summed E-state index contributed by atoms with van der Waals surface area (Å²) < 4.78 is 14.8. The summed E-state index contributed by atoms with van der Waals surface area (Å²) in [6.07, 6.45) is 0.906. The summed E-state index contributed by atoms with van der Waals surface area (Å²) in [5, 5.41) is 11.3. The van der Waals surface area contributed by atoms with Crippen LogP contribution >= 0.6 is 0 Å². The summed E-state index contributed by atoms with van der Waals surface area (Å²) in [6, 6.07) is 4.28. The molecule has 2 aromatic rings. The van der Waals surface area contributed by atoms with Gasteiger partial charge >= 0.3 is 0 Å². The highest BCUT2D eigenvalue weighted by Crippen LogP contribution is 2.20. The molecule has 16 heavy (non-hydrogen) atoms. The Bertz CT molecular complexity index is 473. The molecule has 0 saturated heterocycles. The van der Waals surface area contributed by atoms with E-state index in [-0.39, 0.29) is 5.82 Å². The molecule has 0 amide bonds. The van der Waals surface area contributed by atoms with Gasteiger partial charge in [-0.1, -0.05) is 6.92 Å². The highest BCUT2D eigenvalue weighted by Gasteiger charge is 2.09. The van der Waals surface area contributed by atoms with E-state index < -0.39 is 0 Å². The quantitative estimate of drug-likeness (QED) is 0.797. The van der Waals surface area contributed by atoms with Crippen LogP contribution < -0.4 is 5.73 Å². The first-order chi connectivity index (χ1) is 7.70. The topological polar surface area (TPSA) is 69.6 Å². The average Bonchev–Trinajstić information content (AvgIpc) is 2.65. The Hall–Kier alpha value is -1.98. The van der Waals surface area contributed by atoms with Crippen LogP contribution in [0.1, 0.15) is 13.3 Å². The standard InChI is InChI=1S/C10H12FN5/c1-2-3-16-10(13-14-15-16)7-4-8(11)6-9(12)5-7/h4-6H,2-3,12H2,1H3. The predicted molar refractivity (Wildman–Crippen MR) is 57.9 cm³/mol. The molecule has 0 saturated carbocycles. The fraction of sp³-hybridized carbons (Fsp3) is 0.300. The third-order valence-electron chi connectivity index (χ3n) is 2.15. The fourth-order valence-electron chi connectivity index (χ4n) is 1.52. The monoisotopic (exact) mass is 221 g/mol. The third kappa shape index (κ3) is 2.00. The molecular formula is C10H12FN5. The van der Waals surface area contributed by atoms with Gasteiger partial charge in [0.05, 0.1) is 0 Å². The molecule has 5 nitrogen and oxygen atoms in total. The first-order valence-corrected chi connectivity index (χ1v) is 5.03. The summed E-state index contributed by atoms with van der Waals surface area (Å²) in [4.78, 5) is 0. The van der Waals surface area contributed by atoms with Gasteiger partial charge in [0.2, 0.25) is 0 Å². The smallest absolute Gasteiger partial charge is 0.182 e. The lowest BCUT2D eigenvalue weighted by Gasteiger charge is -2.03. The van der Waals surface area contributed by atoms with Gasteiger partial charge in [0, 0.05) is 17.8 Å². The Morgan fingerprint density at radius 1 is 1.38 bits per heavy atom. The van der Waals surface area contributed by atoms with E-state index in [4.69, 9.17) is 5.73 Å². The molecule has 6 heteroatoms. The molecule has 0 atom stereocenters. The molecule has 0 bridgehead atoms. The van der Waals surface area contributed by atoms with E-state index in [0.717, 1.165) is 6.42 Å². The lowest BCUT2D eigenvalue weighted by atomic mass is 10.2. The number of hydrogen-bond acceptors (Lipinski definition) is 4. The first-order valence-electron chi connectivity index (χ1n) is 5.03. The van der Waals surface area contributed by atoms with Crippen molar-refractivity contribution in [3.05, 3.63) is 24.0 Å². The van der Waals surface area contributed by atoms with E-state index in [9.17, 15) is 4.39 Å². The molecule has 2 N–H and O–H groups in total. The maximum Gasteiger partial charge on any atom is 0.182 e. The number of halogens is 1. The van der Waals surface area contributed by atoms with E-state index >= 15 is 0 Å². The third-order valence-corrected chi connectivity index (χ3v) is 2.15. The minimum Gasteiger partial charge on any atom is -0.399 e. The molecule has 0 unspecified atom stereocenters. The van der Waals surface area contributed by atoms with Crippen molar-refractivity contribution in [3.63, 3.8) is 0 Å². The molecule has 0 aliphatic heterocycles. The molecule has 0 radical (unpaired) electrons. The van der Waals surface area contributed by atoms with Crippen LogP contribution in [0.2, 0.25) is 0 Å². The van der Waals surface area contributed by atoms with Gasteiger partial charge < -0.3 is 5.73 Å². The van der Waals surface area contributed by atoms with Crippen molar-refractivity contribution in [2.75, 3.05) is 5.73 Å². The Morgan fingerprint density at radius 2 is 2.19 bits per heavy atom. The molecule has 1 aromatic carbocycles. The van der Waals surface area contributed by atoms with Crippen LogP contribution in [0.5, 0.6) is 0 Å². The number of rotatable bonds is 3. The number of hydrogen-bond donors (Lipinski definition) is 1. The first kappa shape index (κ1) is 10.5. The van der Waals surface area contributed by atoms with Crippen LogP contribution in [0.3, 0.4) is 0 Å². The number of nitrogen functional groups attached to an aromatic ring is 1. The Kier molecular flexibility index (Phi) is 2.80. The van der Waals surface area contributed by atoms with Crippen LogP contribution in [0, 0.1) is 5.82 Å². The van der Waals surface area contributed by atoms with Gasteiger partial charge in [-0.05, 0) is 35.0 Å². The number of aryl methyl sites for hydroxylation is 1. The van der Waals surface area contributed by atoms with E-state index in [0.29, 0.717) is 23.6 Å². The van der Waals surface area contributed by atoms with Crippen LogP contribution in [-0.2, 0) is 6.54 Å². The van der Waals surface area contributed by atoms with E-state index in [1.54, 1.807) is 10.7 Å². The number of tetrazole rings is 1. The average molecular weight is 221 g/mol. The Labute approximate surface area is 92.1 Å². The minimum atomic E-state index is -0.388. The minimum absolute atomic E-state index is 0.362. The van der Waals surface area contributed by atoms with E-state index in [1.165, 1.54) is 12.1 Å². The maximum absolute atomic E-state index is 13.2. The van der Waals surface area contributed by atoms with Crippen molar-refractivity contribution in [3.8, 4) is 11.4 Å². The maximum atomic E-state index is 13.2. The highest BCUT2D eigenvalue weighted by molar-refractivity contribution is 5.61. The molecule has 0 aliphatic rings. The van der Waals surface area contributed by atoms with Gasteiger partial charge in [0.15, 0.2) is 5.82 Å². The molecule has 0 aliphatic carbocycles. The van der Waals surface area contributed by atoms with Crippen molar-refractivity contribution >= 4 is 5.69 Å². The van der Waals surface area contributed by atoms with Crippen LogP contribution in [0.4, 0.5) is 10.1 Å². The zero-order valence-electron chi connectivity index (χ0n) is 8.89. The highest BCUT2D eigenvalue weighted by atomic mass is 19.1. The number of anilines is 1. The van der Waals surface area contributed by atoms with Gasteiger partial charge in [-0.25, -0.2) is 9.07 Å². The van der Waals surface area contributed by atoms with Crippen LogP contribution in [0.25, 0.3) is 11.4 Å². The van der Waals surface area contributed by atoms with E-state index in [1.807, 2.05) is 6.92 Å². The second-order valence-electron chi connectivity index (χ2n) is 3.50. The van der Waals surface area contributed by atoms with Gasteiger partial charge in [0.1, 0.15) is 5.82 Å². The summed E-state index contributed by atoms with van der Waals surface area (Å²) in [5.41, 5.74) is 6.53. The van der Waals surface area contributed by atoms with Crippen LogP contribution in [0.15, 0.2) is 18.2 Å². The van der Waals surface area contributed by atoms with Gasteiger partial charge in [0.25, 0.3) is 0 Å². The van der Waals surface area contributed by atoms with Crippen molar-refractivity contribution in [2.24, 2.45) is 0 Å². The SMILES string of the molecule is CCCn1nnnc1-c1cc(N)cc(F)c1. The van der Waals surface area contributed by atoms with E-state index in [2.05, 4.69) is 15.5 Å². The zero-order valence-corrected chi connectivity index (χ0v) is 8.89. The van der Waals surface area contributed by atoms with Gasteiger partial charge in [-0.3, -0.25) is 0 Å². The van der Waals surface area contributed by atoms with Crippen LogP contribution in [-0.4, -0.2) is 20.2 Å². The molecule has 2 rings (SSSR count). The largest absolute Gasteiger partial charge is 0.399 e. The number of benzene rings is 1. The lowest BCUT2D eigenvalue weighted by molar-refractivity contribution is 0.583. The Balaban J connectivity index is 2.45. The number of nitrogens with two attached hydrogens (primary N) is 1. The second kappa shape index (κ2) is 4.26. The Morgan fingerprint density at radius 3 is 2.88 bits per heavy atom. The summed E-state index contributed by atoms with van der Waals surface area (Å²) in [7, 11) is 0. The van der Waals surface area contributed by atoms with Crippen molar-refractivity contribution in [1.29, 1.82) is 0 Å². The zero-order chi connectivity index (χ0) is 11.5. The molecule has 0 fully saturated rings. The summed E-state index contributed by atoms with van der Waals surface area (Å²) in [5.74, 6) is 0.147. The fourth-order valence-corrected chi connectivity index (χ4v) is 1.52. The van der Waals surface area contributed by atoms with Gasteiger partial charge in [-0.15, -0.1) is 5.10 Å². The van der Waals surface area contributed by atoms with Crippen molar-refractivity contribution in [2.45, 2.75) is 19.9 Å². The molecule has 1 aromatic heterocycles. The molecule has 84 valence electrons. The number of aromatic nitrogens is 4. The lowest BCUT2D eigenvalue weighted by Crippen LogP contribution is -2.02. The normalized spacial score (nSPS) is 10.6. The predicted octanol–water partition coefficient (Wildman–Crippen LogP) is 1.47. The molecule has 1 heterocycles. The second-order valence-corrected chi connectivity index (χ2v) is 3.50. The summed E-state index contributed by atoms with van der Waals surface area (Å²) in [6.45, 7) is 2.71. The van der Waals surface area contributed by atoms with Gasteiger partial charge in [-0.2, -0.15) is 0 Å². The van der Waals surface area contributed by atoms with Crippen molar-refractivity contribution < 1.29 is 4.39 Å². The molecule has 0 spiro atoms. The number of nitrogens with zero attached hydrogens (tertiary/aromatic N) is 4.